The van der Waals surface area contributed by atoms with E-state index in [1.165, 1.54) is 11.6 Å². The van der Waals surface area contributed by atoms with Crippen LogP contribution in [0.25, 0.3) is 10.9 Å². The van der Waals surface area contributed by atoms with Gasteiger partial charge in [-0.3, -0.25) is 14.2 Å². The number of hydrogen-bond donors (Lipinski definition) is 1. The molecule has 0 aliphatic carbocycles. The topological polar surface area (TPSA) is 89.3 Å². The number of aromatic nitrogens is 2. The van der Waals surface area contributed by atoms with E-state index in [4.69, 9.17) is 0 Å². The zero-order chi connectivity index (χ0) is 16.6. The minimum absolute atomic E-state index is 0.163. The number of benzene rings is 1. The van der Waals surface area contributed by atoms with E-state index in [9.17, 15) is 19.5 Å². The van der Waals surface area contributed by atoms with Crippen molar-refractivity contribution in [2.75, 3.05) is 6.26 Å². The molecule has 8 heteroatoms. The van der Waals surface area contributed by atoms with Gasteiger partial charge in [0.05, 0.1) is 11.1 Å². The Morgan fingerprint density at radius 1 is 1.26 bits per heavy atom. The smallest absolute Gasteiger partial charge is 0.416 e. The SMILES string of the molecule is CSC(=O)c1csc(C(=O)c2cn(C(=O)O)c3ccccc23)n1. The molecule has 6 nitrogen and oxygen atoms in total. The first-order valence-corrected chi connectivity index (χ1v) is 8.55. The zero-order valence-corrected chi connectivity index (χ0v) is 13.5. The lowest BCUT2D eigenvalue weighted by Gasteiger charge is -1.95. The van der Waals surface area contributed by atoms with Gasteiger partial charge in [0.2, 0.25) is 10.9 Å². The Labute approximate surface area is 138 Å². The Morgan fingerprint density at radius 3 is 2.70 bits per heavy atom. The predicted molar refractivity (Wildman–Crippen MR) is 88.8 cm³/mol. The molecule has 0 aliphatic rings. The van der Waals surface area contributed by atoms with Crippen LogP contribution in [0.15, 0.2) is 35.8 Å². The number of nitrogens with zero attached hydrogens (tertiary/aromatic N) is 2. The highest BCUT2D eigenvalue weighted by atomic mass is 32.2. The summed E-state index contributed by atoms with van der Waals surface area (Å²) in [5, 5.41) is 11.3. The fraction of sp³-hybridized carbons (Fsp3) is 0.0667. The van der Waals surface area contributed by atoms with Gasteiger partial charge in [0, 0.05) is 17.0 Å². The number of thiazole rings is 1. The van der Waals surface area contributed by atoms with Crippen LogP contribution in [0, 0.1) is 0 Å². The lowest BCUT2D eigenvalue weighted by Crippen LogP contribution is -2.06. The summed E-state index contributed by atoms with van der Waals surface area (Å²) in [5.41, 5.74) is 0.911. The van der Waals surface area contributed by atoms with E-state index in [2.05, 4.69) is 4.98 Å². The summed E-state index contributed by atoms with van der Waals surface area (Å²) in [5.74, 6) is -0.397. The molecule has 116 valence electrons. The van der Waals surface area contributed by atoms with Crippen molar-refractivity contribution in [3.05, 3.63) is 52.1 Å². The van der Waals surface area contributed by atoms with Crippen molar-refractivity contribution in [3.63, 3.8) is 0 Å². The van der Waals surface area contributed by atoms with Gasteiger partial charge >= 0.3 is 6.09 Å². The predicted octanol–water partition coefficient (Wildman–Crippen LogP) is 3.36. The van der Waals surface area contributed by atoms with E-state index in [0.29, 0.717) is 10.9 Å². The van der Waals surface area contributed by atoms with Crippen LogP contribution in [0.1, 0.15) is 25.9 Å². The van der Waals surface area contributed by atoms with Gasteiger partial charge < -0.3 is 5.11 Å². The fourth-order valence-corrected chi connectivity index (χ4v) is 3.35. The highest BCUT2D eigenvalue weighted by Crippen LogP contribution is 2.25. The van der Waals surface area contributed by atoms with Crippen LogP contribution in [0.4, 0.5) is 4.79 Å². The third-order valence-corrected chi connectivity index (χ3v) is 4.68. The van der Waals surface area contributed by atoms with Gasteiger partial charge in [-0.15, -0.1) is 11.3 Å². The molecular formula is C15H10N2O4S2. The number of fused-ring (bicyclic) bond motifs is 1. The van der Waals surface area contributed by atoms with Crippen LogP contribution in [0.5, 0.6) is 0 Å². The molecule has 23 heavy (non-hydrogen) atoms. The molecule has 0 radical (unpaired) electrons. The number of carbonyl (C=O) groups is 3. The molecule has 1 aromatic carbocycles. The summed E-state index contributed by atoms with van der Waals surface area (Å²) in [6.07, 6.45) is 1.76. The Bertz CT molecular complexity index is 942. The number of thioether (sulfide) groups is 1. The summed E-state index contributed by atoms with van der Waals surface area (Å²) in [7, 11) is 0. The molecule has 2 heterocycles. The first-order valence-electron chi connectivity index (χ1n) is 6.45. The van der Waals surface area contributed by atoms with Gasteiger partial charge in [-0.05, 0) is 12.3 Å². The number of para-hydroxylation sites is 1. The normalized spacial score (nSPS) is 10.8. The lowest BCUT2D eigenvalue weighted by molar-refractivity contribution is 0.104. The molecular weight excluding hydrogens is 336 g/mol. The van der Waals surface area contributed by atoms with Gasteiger partial charge in [-0.2, -0.15) is 0 Å². The summed E-state index contributed by atoms with van der Waals surface area (Å²) >= 11 is 2.09. The third-order valence-electron chi connectivity index (χ3n) is 3.26. The quantitative estimate of drug-likeness (QED) is 0.732. The first-order chi connectivity index (χ1) is 11.0. The highest BCUT2D eigenvalue weighted by Gasteiger charge is 2.22. The maximum atomic E-state index is 12.6. The average Bonchev–Trinajstić information content (AvgIpc) is 3.18. The molecule has 3 rings (SSSR count). The fourth-order valence-electron chi connectivity index (χ4n) is 2.21. The number of carboxylic acid groups (broad SMARTS) is 1. The minimum atomic E-state index is -1.17. The second-order valence-corrected chi connectivity index (χ2v) is 6.21. The Balaban J connectivity index is 2.09. The highest BCUT2D eigenvalue weighted by molar-refractivity contribution is 8.13. The number of carbonyl (C=O) groups excluding carboxylic acids is 2. The van der Waals surface area contributed by atoms with Crippen molar-refractivity contribution in [2.24, 2.45) is 0 Å². The summed E-state index contributed by atoms with van der Waals surface area (Å²) < 4.78 is 1.00. The van der Waals surface area contributed by atoms with Gasteiger partial charge in [0.25, 0.3) is 0 Å². The molecule has 0 fully saturated rings. The Morgan fingerprint density at radius 2 is 2.00 bits per heavy atom. The monoisotopic (exact) mass is 346 g/mol. The van der Waals surface area contributed by atoms with Crippen molar-refractivity contribution in [1.82, 2.24) is 9.55 Å². The van der Waals surface area contributed by atoms with Crippen molar-refractivity contribution in [1.29, 1.82) is 0 Å². The van der Waals surface area contributed by atoms with Crippen molar-refractivity contribution in [2.45, 2.75) is 0 Å². The van der Waals surface area contributed by atoms with E-state index in [1.807, 2.05) is 0 Å². The molecule has 0 unspecified atom stereocenters. The third kappa shape index (κ3) is 2.66. The van der Waals surface area contributed by atoms with Crippen molar-refractivity contribution in [3.8, 4) is 0 Å². The molecule has 1 N–H and O–H groups in total. The molecule has 0 bridgehead atoms. The van der Waals surface area contributed by atoms with Gasteiger partial charge in [-0.25, -0.2) is 9.78 Å². The number of rotatable bonds is 3. The van der Waals surface area contributed by atoms with Gasteiger partial charge in [0.15, 0.2) is 5.01 Å². The van der Waals surface area contributed by atoms with Crippen LogP contribution < -0.4 is 0 Å². The molecule has 3 aromatic rings. The van der Waals surface area contributed by atoms with Gasteiger partial charge in [0.1, 0.15) is 5.69 Å². The van der Waals surface area contributed by atoms with E-state index >= 15 is 0 Å². The van der Waals surface area contributed by atoms with E-state index in [1.54, 1.807) is 30.5 Å². The van der Waals surface area contributed by atoms with Crippen LogP contribution >= 0.6 is 23.1 Å². The van der Waals surface area contributed by atoms with Gasteiger partial charge in [-0.1, -0.05) is 30.0 Å². The van der Waals surface area contributed by atoms with Crippen molar-refractivity contribution >= 4 is 51.0 Å². The molecule has 0 atom stereocenters. The Hall–Kier alpha value is -2.45. The van der Waals surface area contributed by atoms with Crippen molar-refractivity contribution < 1.29 is 19.5 Å². The summed E-state index contributed by atoms with van der Waals surface area (Å²) in [6.45, 7) is 0. The Kier molecular flexibility index (Phi) is 4.01. The second kappa shape index (κ2) is 5.98. The second-order valence-electron chi connectivity index (χ2n) is 4.57. The van der Waals surface area contributed by atoms with Crippen LogP contribution in [-0.4, -0.2) is 37.9 Å². The number of ketones is 1. The standard InChI is InChI=1S/C15H10N2O4S2/c1-22-14(19)10-7-23-13(16-10)12(18)9-6-17(15(20)21)11-5-3-2-4-8(9)11/h2-7H,1H3,(H,20,21). The lowest BCUT2D eigenvalue weighted by atomic mass is 10.1. The summed E-state index contributed by atoms with van der Waals surface area (Å²) in [6, 6.07) is 6.75. The number of hydrogen-bond acceptors (Lipinski definition) is 6. The molecule has 0 amide bonds. The molecule has 0 spiro atoms. The maximum Gasteiger partial charge on any atom is 0.416 e. The summed E-state index contributed by atoms with van der Waals surface area (Å²) in [4.78, 5) is 39.6. The molecule has 2 aromatic heterocycles. The maximum absolute atomic E-state index is 12.6. The first kappa shape index (κ1) is 15.4. The zero-order valence-electron chi connectivity index (χ0n) is 11.8. The van der Waals surface area contributed by atoms with Crippen LogP contribution in [0.2, 0.25) is 0 Å². The average molecular weight is 346 g/mol. The largest absolute Gasteiger partial charge is 0.464 e. The molecule has 0 saturated heterocycles. The van der Waals surface area contributed by atoms with Crippen LogP contribution in [0.3, 0.4) is 0 Å². The molecule has 0 saturated carbocycles. The van der Waals surface area contributed by atoms with E-state index < -0.39 is 11.9 Å². The van der Waals surface area contributed by atoms with E-state index in [0.717, 1.165) is 27.7 Å². The van der Waals surface area contributed by atoms with Crippen LogP contribution in [-0.2, 0) is 0 Å². The molecule has 0 aliphatic heterocycles. The minimum Gasteiger partial charge on any atom is -0.464 e. The van der Waals surface area contributed by atoms with E-state index in [-0.39, 0.29) is 21.4 Å².